The molecule has 2 amide bonds. The summed E-state index contributed by atoms with van der Waals surface area (Å²) in [5, 5.41) is 0. The van der Waals surface area contributed by atoms with E-state index < -0.39 is 12.0 Å². The van der Waals surface area contributed by atoms with Gasteiger partial charge in [0.1, 0.15) is 0 Å². The predicted octanol–water partition coefficient (Wildman–Crippen LogP) is -0.316. The summed E-state index contributed by atoms with van der Waals surface area (Å²) in [6.45, 7) is 0. The van der Waals surface area contributed by atoms with Gasteiger partial charge in [-0.2, -0.15) is 0 Å². The molecule has 0 spiro atoms. The molecule has 0 aliphatic carbocycles. The predicted molar refractivity (Wildman–Crippen MR) is 38.5 cm³/mol. The number of primary amides is 1. The van der Waals surface area contributed by atoms with Crippen LogP contribution in [0.25, 0.3) is 0 Å². The number of nitrogens with two attached hydrogens (primary N) is 1. The van der Waals surface area contributed by atoms with Gasteiger partial charge in [-0.15, -0.1) is 0 Å². The van der Waals surface area contributed by atoms with E-state index in [-0.39, 0.29) is 0 Å². The first-order valence-corrected chi connectivity index (χ1v) is 2.86. The Hall–Kier alpha value is -1.52. The van der Waals surface area contributed by atoms with Gasteiger partial charge in [0.25, 0.3) is 0 Å². The fourth-order valence-electron chi connectivity index (χ4n) is 0.314. The standard InChI is InChI=1S/C6H10N2O3/c1-8(6(7)10)4-3-5(9)11-2/h3-4H,1-2H3,(H2,7,10)/b4-3+. The Morgan fingerprint density at radius 2 is 2.09 bits per heavy atom. The second-order valence-electron chi connectivity index (χ2n) is 1.79. The van der Waals surface area contributed by atoms with Crippen LogP contribution in [-0.4, -0.2) is 31.1 Å². The van der Waals surface area contributed by atoms with E-state index >= 15 is 0 Å². The van der Waals surface area contributed by atoms with Gasteiger partial charge in [-0.1, -0.05) is 0 Å². The molecule has 0 rings (SSSR count). The molecule has 5 heteroatoms. The van der Waals surface area contributed by atoms with E-state index in [1.807, 2.05) is 0 Å². The van der Waals surface area contributed by atoms with Crippen molar-refractivity contribution in [1.29, 1.82) is 0 Å². The lowest BCUT2D eigenvalue weighted by molar-refractivity contribution is -0.134. The normalized spacial score (nSPS) is 9.64. The molecule has 2 N–H and O–H groups in total. The third-order valence-electron chi connectivity index (χ3n) is 0.983. The highest BCUT2D eigenvalue weighted by Gasteiger charge is 1.97. The molecule has 0 unspecified atom stereocenters. The van der Waals surface area contributed by atoms with E-state index in [0.717, 1.165) is 11.0 Å². The molecule has 0 saturated carbocycles. The van der Waals surface area contributed by atoms with Gasteiger partial charge in [-0.3, -0.25) is 0 Å². The number of esters is 1. The van der Waals surface area contributed by atoms with Crippen molar-refractivity contribution in [1.82, 2.24) is 4.90 Å². The summed E-state index contributed by atoms with van der Waals surface area (Å²) in [6.07, 6.45) is 2.33. The van der Waals surface area contributed by atoms with Crippen molar-refractivity contribution in [2.45, 2.75) is 0 Å². The van der Waals surface area contributed by atoms with Crippen LogP contribution in [0.4, 0.5) is 4.79 Å². The minimum Gasteiger partial charge on any atom is -0.466 e. The molecule has 0 aliphatic rings. The van der Waals surface area contributed by atoms with Crippen molar-refractivity contribution < 1.29 is 14.3 Å². The smallest absolute Gasteiger partial charge is 0.331 e. The second-order valence-corrected chi connectivity index (χ2v) is 1.79. The van der Waals surface area contributed by atoms with Crippen molar-refractivity contribution >= 4 is 12.0 Å². The van der Waals surface area contributed by atoms with Crippen molar-refractivity contribution in [2.75, 3.05) is 14.2 Å². The number of urea groups is 1. The summed E-state index contributed by atoms with van der Waals surface area (Å²) in [5.41, 5.74) is 4.85. The highest BCUT2D eigenvalue weighted by atomic mass is 16.5. The van der Waals surface area contributed by atoms with Gasteiger partial charge in [0.15, 0.2) is 0 Å². The highest BCUT2D eigenvalue weighted by molar-refractivity contribution is 5.82. The summed E-state index contributed by atoms with van der Waals surface area (Å²) in [5.74, 6) is -0.530. The van der Waals surface area contributed by atoms with Crippen molar-refractivity contribution in [3.8, 4) is 0 Å². The molecule has 0 atom stereocenters. The zero-order valence-corrected chi connectivity index (χ0v) is 6.40. The van der Waals surface area contributed by atoms with Crippen LogP contribution in [0.15, 0.2) is 12.3 Å². The molecule has 0 fully saturated rings. The Morgan fingerprint density at radius 1 is 1.55 bits per heavy atom. The zero-order valence-electron chi connectivity index (χ0n) is 6.40. The molecule has 0 saturated heterocycles. The van der Waals surface area contributed by atoms with Crippen molar-refractivity contribution in [2.24, 2.45) is 5.73 Å². The molecule has 0 radical (unpaired) electrons. The Balaban J connectivity index is 3.92. The maximum absolute atomic E-state index is 10.5. The molecule has 0 aromatic heterocycles. The van der Waals surface area contributed by atoms with Gasteiger partial charge < -0.3 is 15.4 Å². The average molecular weight is 158 g/mol. The lowest BCUT2D eigenvalue weighted by Crippen LogP contribution is -2.27. The first-order valence-electron chi connectivity index (χ1n) is 2.86. The Morgan fingerprint density at radius 3 is 2.45 bits per heavy atom. The van der Waals surface area contributed by atoms with Gasteiger partial charge in [-0.25, -0.2) is 9.59 Å². The van der Waals surface area contributed by atoms with Crippen LogP contribution < -0.4 is 5.73 Å². The number of carbonyl (C=O) groups excluding carboxylic acids is 2. The van der Waals surface area contributed by atoms with Crippen molar-refractivity contribution in [3.63, 3.8) is 0 Å². The molecular weight excluding hydrogens is 148 g/mol. The van der Waals surface area contributed by atoms with Crippen LogP contribution in [0, 0.1) is 0 Å². The van der Waals surface area contributed by atoms with Crippen LogP contribution in [0.1, 0.15) is 0 Å². The van der Waals surface area contributed by atoms with Gasteiger partial charge in [0.05, 0.1) is 7.11 Å². The van der Waals surface area contributed by atoms with Crippen molar-refractivity contribution in [3.05, 3.63) is 12.3 Å². The topological polar surface area (TPSA) is 72.6 Å². The molecule has 0 aliphatic heterocycles. The monoisotopic (exact) mass is 158 g/mol. The van der Waals surface area contributed by atoms with E-state index in [0.29, 0.717) is 0 Å². The Kier molecular flexibility index (Phi) is 3.72. The zero-order chi connectivity index (χ0) is 8.85. The molecule has 5 nitrogen and oxygen atoms in total. The maximum atomic E-state index is 10.5. The van der Waals surface area contributed by atoms with Gasteiger partial charge in [-0.05, 0) is 0 Å². The van der Waals surface area contributed by atoms with E-state index in [4.69, 9.17) is 5.73 Å². The minimum atomic E-state index is -0.634. The number of ether oxygens (including phenoxy) is 1. The number of nitrogens with zero attached hydrogens (tertiary/aromatic N) is 1. The summed E-state index contributed by atoms with van der Waals surface area (Å²) in [6, 6.07) is -0.634. The number of amides is 2. The quantitative estimate of drug-likeness (QED) is 0.442. The summed E-state index contributed by atoms with van der Waals surface area (Å²) in [4.78, 5) is 21.9. The van der Waals surface area contributed by atoms with Crippen LogP contribution in [-0.2, 0) is 9.53 Å². The summed E-state index contributed by atoms with van der Waals surface area (Å²) >= 11 is 0. The number of hydrogen-bond donors (Lipinski definition) is 1. The number of methoxy groups -OCH3 is 1. The van der Waals surface area contributed by atoms with Crippen LogP contribution in [0.5, 0.6) is 0 Å². The van der Waals surface area contributed by atoms with Crippen LogP contribution in [0.2, 0.25) is 0 Å². The molecule has 11 heavy (non-hydrogen) atoms. The first kappa shape index (κ1) is 9.48. The third-order valence-corrected chi connectivity index (χ3v) is 0.983. The number of rotatable bonds is 2. The molecule has 0 aromatic carbocycles. The van der Waals surface area contributed by atoms with Crippen LogP contribution >= 0.6 is 0 Å². The minimum absolute atomic E-state index is 0.530. The average Bonchev–Trinajstić information content (AvgIpc) is 1.99. The SMILES string of the molecule is COC(=O)/C=C/N(C)C(N)=O. The maximum Gasteiger partial charge on any atom is 0.331 e. The molecule has 0 heterocycles. The number of hydrogen-bond acceptors (Lipinski definition) is 3. The molecule has 0 bridgehead atoms. The van der Waals surface area contributed by atoms with E-state index in [9.17, 15) is 9.59 Å². The van der Waals surface area contributed by atoms with E-state index in [2.05, 4.69) is 4.74 Å². The van der Waals surface area contributed by atoms with Gasteiger partial charge >= 0.3 is 12.0 Å². The largest absolute Gasteiger partial charge is 0.466 e. The van der Waals surface area contributed by atoms with Crippen LogP contribution in [0.3, 0.4) is 0 Å². The fourth-order valence-corrected chi connectivity index (χ4v) is 0.314. The summed E-state index contributed by atoms with van der Waals surface area (Å²) < 4.78 is 4.28. The second kappa shape index (κ2) is 4.32. The van der Waals surface area contributed by atoms with Gasteiger partial charge in [0.2, 0.25) is 0 Å². The van der Waals surface area contributed by atoms with E-state index in [1.54, 1.807) is 0 Å². The summed E-state index contributed by atoms with van der Waals surface area (Å²) in [7, 11) is 2.68. The number of carbonyl (C=O) groups is 2. The lowest BCUT2D eigenvalue weighted by atomic mass is 10.6. The van der Waals surface area contributed by atoms with Gasteiger partial charge in [0, 0.05) is 19.3 Å². The lowest BCUT2D eigenvalue weighted by Gasteiger charge is -2.05. The third kappa shape index (κ3) is 3.96. The Bertz CT molecular complexity index is 188. The van der Waals surface area contributed by atoms with E-state index in [1.165, 1.54) is 20.4 Å². The highest BCUT2D eigenvalue weighted by Crippen LogP contribution is 1.84. The Labute approximate surface area is 64.4 Å². The molecule has 0 aromatic rings. The molecular formula is C6H10N2O3. The fraction of sp³-hybridized carbons (Fsp3) is 0.333. The first-order chi connectivity index (χ1) is 5.07. The molecule has 62 valence electrons.